The number of carboxylic acids is 1. The molecule has 82 valence electrons. The predicted molar refractivity (Wildman–Crippen MR) is 52.4 cm³/mol. The fourth-order valence-corrected chi connectivity index (χ4v) is 1.33. The zero-order valence-corrected chi connectivity index (χ0v) is 8.62. The van der Waals surface area contributed by atoms with Crippen LogP contribution in [0.2, 0.25) is 0 Å². The molecule has 0 bridgehead atoms. The van der Waals surface area contributed by atoms with Crippen molar-refractivity contribution < 1.29 is 19.4 Å². The number of carbonyl (C=O) groups is 2. The maximum atomic E-state index is 11.1. The SMILES string of the molecule is O=C(O)COCC(=O)NCc1cncs1. The third-order valence-corrected chi connectivity index (χ3v) is 2.18. The summed E-state index contributed by atoms with van der Waals surface area (Å²) >= 11 is 1.43. The van der Waals surface area contributed by atoms with Gasteiger partial charge in [0, 0.05) is 11.1 Å². The van der Waals surface area contributed by atoms with Crippen LogP contribution < -0.4 is 5.32 Å². The Labute approximate surface area is 89.9 Å². The summed E-state index contributed by atoms with van der Waals surface area (Å²) < 4.78 is 4.60. The topological polar surface area (TPSA) is 88.5 Å². The molecule has 0 aliphatic heterocycles. The first-order chi connectivity index (χ1) is 7.18. The lowest BCUT2D eigenvalue weighted by Crippen LogP contribution is -2.27. The Bertz CT molecular complexity index is 325. The van der Waals surface area contributed by atoms with Crippen LogP contribution in [0.3, 0.4) is 0 Å². The smallest absolute Gasteiger partial charge is 0.329 e. The second-order valence-corrected chi connectivity index (χ2v) is 3.60. The van der Waals surface area contributed by atoms with Crippen LogP contribution in [-0.2, 0) is 20.9 Å². The quantitative estimate of drug-likeness (QED) is 0.710. The van der Waals surface area contributed by atoms with Gasteiger partial charge >= 0.3 is 5.97 Å². The highest BCUT2D eigenvalue weighted by Crippen LogP contribution is 2.03. The van der Waals surface area contributed by atoms with Crippen LogP contribution in [0.5, 0.6) is 0 Å². The number of hydrogen-bond acceptors (Lipinski definition) is 5. The number of thiazole rings is 1. The molecule has 1 amide bonds. The molecule has 1 heterocycles. The third kappa shape index (κ3) is 5.08. The second kappa shape index (κ2) is 6.10. The fraction of sp³-hybridized carbons (Fsp3) is 0.375. The molecule has 2 N–H and O–H groups in total. The summed E-state index contributed by atoms with van der Waals surface area (Å²) in [6.45, 7) is -0.320. The minimum atomic E-state index is -1.09. The normalized spacial score (nSPS) is 9.87. The molecule has 6 nitrogen and oxygen atoms in total. The summed E-state index contributed by atoms with van der Waals surface area (Å²) in [5.41, 5.74) is 1.67. The molecule has 1 rings (SSSR count). The number of carbonyl (C=O) groups excluding carboxylic acids is 1. The first-order valence-electron chi connectivity index (χ1n) is 4.12. The van der Waals surface area contributed by atoms with Crippen LogP contribution in [-0.4, -0.2) is 35.2 Å². The first kappa shape index (κ1) is 11.6. The van der Waals surface area contributed by atoms with E-state index in [4.69, 9.17) is 5.11 Å². The van der Waals surface area contributed by atoms with Gasteiger partial charge in [-0.15, -0.1) is 11.3 Å². The molecular formula is C8H10N2O4S. The lowest BCUT2D eigenvalue weighted by molar-refractivity contribution is -0.143. The second-order valence-electron chi connectivity index (χ2n) is 2.63. The summed E-state index contributed by atoms with van der Waals surface area (Å²) in [5, 5.41) is 10.8. The van der Waals surface area contributed by atoms with Gasteiger partial charge in [-0.25, -0.2) is 4.79 Å². The number of nitrogens with zero attached hydrogens (tertiary/aromatic N) is 1. The minimum absolute atomic E-state index is 0.245. The molecule has 0 aromatic carbocycles. The van der Waals surface area contributed by atoms with E-state index in [1.807, 2.05) is 0 Å². The molecule has 0 fully saturated rings. The monoisotopic (exact) mass is 230 g/mol. The van der Waals surface area contributed by atoms with E-state index in [1.54, 1.807) is 11.7 Å². The molecule has 0 spiro atoms. The number of carboxylic acid groups (broad SMARTS) is 1. The van der Waals surface area contributed by atoms with Crippen LogP contribution in [0.1, 0.15) is 4.88 Å². The van der Waals surface area contributed by atoms with E-state index < -0.39 is 12.6 Å². The number of ether oxygens (including phenoxy) is 1. The largest absolute Gasteiger partial charge is 0.480 e. The average Bonchev–Trinajstić information content (AvgIpc) is 2.66. The Morgan fingerprint density at radius 2 is 2.33 bits per heavy atom. The first-order valence-corrected chi connectivity index (χ1v) is 5.00. The van der Waals surface area contributed by atoms with Gasteiger partial charge < -0.3 is 15.2 Å². The van der Waals surface area contributed by atoms with Crippen molar-refractivity contribution in [2.75, 3.05) is 13.2 Å². The van der Waals surface area contributed by atoms with Crippen LogP contribution in [0, 0.1) is 0 Å². The van der Waals surface area contributed by atoms with Gasteiger partial charge in [-0.05, 0) is 0 Å². The molecule has 1 aromatic heterocycles. The number of hydrogen-bond donors (Lipinski definition) is 2. The van der Waals surface area contributed by atoms with Gasteiger partial charge in [0.1, 0.15) is 13.2 Å². The summed E-state index contributed by atoms with van der Waals surface area (Å²) in [5.74, 6) is -1.44. The van der Waals surface area contributed by atoms with Crippen molar-refractivity contribution in [1.82, 2.24) is 10.3 Å². The lowest BCUT2D eigenvalue weighted by Gasteiger charge is -2.02. The molecule has 0 aliphatic rings. The molecule has 15 heavy (non-hydrogen) atoms. The summed E-state index contributed by atoms with van der Waals surface area (Å²) in [6, 6.07) is 0. The Morgan fingerprint density at radius 3 is 2.93 bits per heavy atom. The van der Waals surface area contributed by atoms with E-state index in [1.165, 1.54) is 11.3 Å². The summed E-state index contributed by atoms with van der Waals surface area (Å²) in [6.07, 6.45) is 1.66. The highest BCUT2D eigenvalue weighted by molar-refractivity contribution is 7.09. The van der Waals surface area contributed by atoms with E-state index in [-0.39, 0.29) is 12.5 Å². The Morgan fingerprint density at radius 1 is 1.53 bits per heavy atom. The predicted octanol–water partition coefficient (Wildman–Crippen LogP) is -0.139. The van der Waals surface area contributed by atoms with E-state index in [2.05, 4.69) is 15.0 Å². The fourth-order valence-electron chi connectivity index (χ4n) is 0.797. The highest BCUT2D eigenvalue weighted by Gasteiger charge is 2.03. The van der Waals surface area contributed by atoms with Crippen LogP contribution in [0.25, 0.3) is 0 Å². The molecule has 0 unspecified atom stereocenters. The van der Waals surface area contributed by atoms with Crippen LogP contribution >= 0.6 is 11.3 Å². The molecular weight excluding hydrogens is 220 g/mol. The van der Waals surface area contributed by atoms with Gasteiger partial charge in [-0.3, -0.25) is 9.78 Å². The van der Waals surface area contributed by atoms with Gasteiger partial charge in [0.15, 0.2) is 0 Å². The van der Waals surface area contributed by atoms with E-state index in [9.17, 15) is 9.59 Å². The molecule has 0 radical (unpaired) electrons. The van der Waals surface area contributed by atoms with Crippen LogP contribution in [0.15, 0.2) is 11.7 Å². The standard InChI is InChI=1S/C8H10N2O4S/c11-7(3-14-4-8(12)13)10-2-6-1-9-5-15-6/h1,5H,2-4H2,(H,10,11)(H,12,13). The molecule has 0 atom stereocenters. The van der Waals surface area contributed by atoms with Gasteiger partial charge in [0.2, 0.25) is 5.91 Å². The van der Waals surface area contributed by atoms with Crippen molar-refractivity contribution >= 4 is 23.2 Å². The van der Waals surface area contributed by atoms with Crippen molar-refractivity contribution in [3.8, 4) is 0 Å². The minimum Gasteiger partial charge on any atom is -0.480 e. The summed E-state index contributed by atoms with van der Waals surface area (Å²) in [4.78, 5) is 25.9. The lowest BCUT2D eigenvalue weighted by atomic mass is 10.5. The highest BCUT2D eigenvalue weighted by atomic mass is 32.1. The zero-order chi connectivity index (χ0) is 11.1. The Balaban J connectivity index is 2.11. The van der Waals surface area contributed by atoms with Gasteiger partial charge in [-0.2, -0.15) is 0 Å². The number of nitrogens with one attached hydrogen (secondary N) is 1. The van der Waals surface area contributed by atoms with E-state index in [0.29, 0.717) is 6.54 Å². The van der Waals surface area contributed by atoms with Gasteiger partial charge in [0.25, 0.3) is 0 Å². The molecule has 0 aliphatic carbocycles. The number of amides is 1. The Hall–Kier alpha value is -1.47. The molecule has 0 saturated carbocycles. The molecule has 7 heteroatoms. The maximum Gasteiger partial charge on any atom is 0.329 e. The average molecular weight is 230 g/mol. The molecule has 1 aromatic rings. The van der Waals surface area contributed by atoms with Crippen molar-refractivity contribution in [2.24, 2.45) is 0 Å². The number of aliphatic carboxylic acids is 1. The van der Waals surface area contributed by atoms with E-state index >= 15 is 0 Å². The summed E-state index contributed by atoms with van der Waals surface area (Å²) in [7, 11) is 0. The number of aromatic nitrogens is 1. The van der Waals surface area contributed by atoms with Crippen molar-refractivity contribution in [3.63, 3.8) is 0 Å². The zero-order valence-electron chi connectivity index (χ0n) is 7.80. The number of rotatable bonds is 6. The van der Waals surface area contributed by atoms with Gasteiger partial charge in [0.05, 0.1) is 12.1 Å². The van der Waals surface area contributed by atoms with E-state index in [0.717, 1.165) is 4.88 Å². The maximum absolute atomic E-state index is 11.1. The van der Waals surface area contributed by atoms with Crippen molar-refractivity contribution in [2.45, 2.75) is 6.54 Å². The third-order valence-electron chi connectivity index (χ3n) is 1.40. The van der Waals surface area contributed by atoms with Crippen LogP contribution in [0.4, 0.5) is 0 Å². The van der Waals surface area contributed by atoms with Gasteiger partial charge in [-0.1, -0.05) is 0 Å². The molecule has 0 saturated heterocycles. The van der Waals surface area contributed by atoms with Crippen molar-refractivity contribution in [3.05, 3.63) is 16.6 Å². The van der Waals surface area contributed by atoms with Crippen molar-refractivity contribution in [1.29, 1.82) is 0 Å². The Kier molecular flexibility index (Phi) is 4.72.